The fraction of sp³-hybridized carbons (Fsp3) is 0.444. The highest BCUT2D eigenvalue weighted by Crippen LogP contribution is 2.20. The van der Waals surface area contributed by atoms with Crippen LogP contribution < -0.4 is 10.6 Å². The maximum absolute atomic E-state index is 12.5. The van der Waals surface area contributed by atoms with E-state index >= 15 is 0 Å². The van der Waals surface area contributed by atoms with Crippen LogP contribution in [-0.2, 0) is 20.8 Å². The molecule has 2 fully saturated rings. The van der Waals surface area contributed by atoms with Crippen molar-refractivity contribution in [3.63, 3.8) is 0 Å². The summed E-state index contributed by atoms with van der Waals surface area (Å²) >= 11 is 0. The number of carbonyl (C=O) groups excluding carboxylic acids is 4. The van der Waals surface area contributed by atoms with Crippen LogP contribution in [0.4, 0.5) is 10.5 Å². The minimum absolute atomic E-state index is 0.0212. The van der Waals surface area contributed by atoms with Crippen LogP contribution in [0.1, 0.15) is 25.3 Å². The Morgan fingerprint density at radius 2 is 1.81 bits per heavy atom. The molecule has 8 heteroatoms. The maximum Gasteiger partial charge on any atom is 0.324 e. The van der Waals surface area contributed by atoms with E-state index in [2.05, 4.69) is 10.6 Å². The van der Waals surface area contributed by atoms with Crippen molar-refractivity contribution in [3.8, 4) is 0 Å². The summed E-state index contributed by atoms with van der Waals surface area (Å²) in [6, 6.07) is 6.72. The molecule has 1 aromatic carbocycles. The number of rotatable bonds is 4. The minimum atomic E-state index is -0.334. The molecule has 0 spiro atoms. The molecular formula is C18H22N4O4. The number of benzene rings is 1. The zero-order chi connectivity index (χ0) is 18.7. The molecule has 2 aliphatic rings. The highest BCUT2D eigenvalue weighted by Gasteiger charge is 2.37. The molecule has 8 nitrogen and oxygen atoms in total. The standard InChI is InChI=1S/C18H22N4O4/c1-12(23)20-14-4-2-13(3-5-14)10-16(24)21-8-6-15(7-9-21)22-17(25)11-19-18(22)26/h2-5,15H,6-11H2,1H3,(H,19,26)(H,20,23). The Morgan fingerprint density at radius 1 is 1.15 bits per heavy atom. The van der Waals surface area contributed by atoms with Crippen molar-refractivity contribution in [1.29, 1.82) is 0 Å². The largest absolute Gasteiger partial charge is 0.342 e. The van der Waals surface area contributed by atoms with Crippen LogP contribution in [0.15, 0.2) is 24.3 Å². The third kappa shape index (κ3) is 4.01. The van der Waals surface area contributed by atoms with Gasteiger partial charge in [0.05, 0.1) is 13.0 Å². The summed E-state index contributed by atoms with van der Waals surface area (Å²) in [6.45, 7) is 2.57. The van der Waals surface area contributed by atoms with Crippen LogP contribution in [0.2, 0.25) is 0 Å². The lowest BCUT2D eigenvalue weighted by Crippen LogP contribution is -2.49. The molecule has 0 unspecified atom stereocenters. The smallest absolute Gasteiger partial charge is 0.324 e. The van der Waals surface area contributed by atoms with Crippen LogP contribution >= 0.6 is 0 Å². The van der Waals surface area contributed by atoms with Crippen molar-refractivity contribution in [1.82, 2.24) is 15.1 Å². The summed E-state index contributed by atoms with van der Waals surface area (Å²) in [5, 5.41) is 5.22. The summed E-state index contributed by atoms with van der Waals surface area (Å²) in [6.07, 6.45) is 1.49. The molecule has 5 amide bonds. The van der Waals surface area contributed by atoms with Gasteiger partial charge in [-0.2, -0.15) is 0 Å². The fourth-order valence-electron chi connectivity index (χ4n) is 3.37. The number of anilines is 1. The van der Waals surface area contributed by atoms with Gasteiger partial charge in [0.15, 0.2) is 0 Å². The number of hydrogen-bond acceptors (Lipinski definition) is 4. The van der Waals surface area contributed by atoms with Crippen molar-refractivity contribution in [2.75, 3.05) is 25.0 Å². The molecule has 138 valence electrons. The lowest BCUT2D eigenvalue weighted by atomic mass is 10.0. The van der Waals surface area contributed by atoms with Gasteiger partial charge in [0.2, 0.25) is 17.7 Å². The molecule has 0 aromatic heterocycles. The summed E-state index contributed by atoms with van der Waals surface area (Å²) in [4.78, 5) is 50.1. The predicted molar refractivity (Wildman–Crippen MR) is 94.3 cm³/mol. The van der Waals surface area contributed by atoms with E-state index in [-0.39, 0.29) is 42.8 Å². The Kier molecular flexibility index (Phi) is 5.20. The Bertz CT molecular complexity index is 707. The van der Waals surface area contributed by atoms with Gasteiger partial charge in [-0.05, 0) is 30.5 Å². The van der Waals surface area contributed by atoms with Crippen LogP contribution in [0.3, 0.4) is 0 Å². The molecule has 1 aromatic rings. The van der Waals surface area contributed by atoms with Gasteiger partial charge in [-0.3, -0.25) is 19.3 Å². The van der Waals surface area contributed by atoms with Gasteiger partial charge in [-0.25, -0.2) is 4.79 Å². The topological polar surface area (TPSA) is 98.8 Å². The Morgan fingerprint density at radius 3 is 2.35 bits per heavy atom. The Hall–Kier alpha value is -2.90. The van der Waals surface area contributed by atoms with E-state index in [4.69, 9.17) is 0 Å². The van der Waals surface area contributed by atoms with E-state index < -0.39 is 0 Å². The van der Waals surface area contributed by atoms with Gasteiger partial charge in [-0.1, -0.05) is 12.1 Å². The molecule has 26 heavy (non-hydrogen) atoms. The van der Waals surface area contributed by atoms with Crippen LogP contribution in [-0.4, -0.2) is 59.2 Å². The average molecular weight is 358 g/mol. The predicted octanol–water partition coefficient (Wildman–Crippen LogP) is 0.730. The van der Waals surface area contributed by atoms with Crippen molar-refractivity contribution in [2.45, 2.75) is 32.2 Å². The lowest BCUT2D eigenvalue weighted by molar-refractivity contribution is -0.132. The molecule has 0 atom stereocenters. The number of amides is 5. The number of hydrogen-bond donors (Lipinski definition) is 2. The molecule has 2 heterocycles. The number of nitrogens with zero attached hydrogens (tertiary/aromatic N) is 2. The molecule has 0 radical (unpaired) electrons. The van der Waals surface area contributed by atoms with Gasteiger partial charge in [0.25, 0.3) is 0 Å². The third-order valence-electron chi connectivity index (χ3n) is 4.69. The summed E-state index contributed by atoms with van der Waals surface area (Å²) < 4.78 is 0. The van der Waals surface area contributed by atoms with Gasteiger partial charge >= 0.3 is 6.03 Å². The zero-order valence-corrected chi connectivity index (χ0v) is 14.7. The minimum Gasteiger partial charge on any atom is -0.342 e. The van der Waals surface area contributed by atoms with Crippen LogP contribution in [0, 0.1) is 0 Å². The molecule has 0 bridgehead atoms. The molecule has 0 saturated carbocycles. The zero-order valence-electron chi connectivity index (χ0n) is 14.7. The van der Waals surface area contributed by atoms with E-state index in [0.717, 1.165) is 5.56 Å². The molecular weight excluding hydrogens is 336 g/mol. The Balaban J connectivity index is 1.51. The normalized spacial score (nSPS) is 18.0. The fourth-order valence-corrected chi connectivity index (χ4v) is 3.37. The first-order valence-electron chi connectivity index (χ1n) is 8.68. The summed E-state index contributed by atoms with van der Waals surface area (Å²) in [5.41, 5.74) is 1.57. The first-order chi connectivity index (χ1) is 12.4. The number of carbonyl (C=O) groups is 4. The first kappa shape index (κ1) is 17.9. The molecule has 2 N–H and O–H groups in total. The number of imide groups is 1. The number of piperidine rings is 1. The van der Waals surface area contributed by atoms with E-state index in [0.29, 0.717) is 31.6 Å². The van der Waals surface area contributed by atoms with Crippen molar-refractivity contribution >= 4 is 29.4 Å². The molecule has 0 aliphatic carbocycles. The summed E-state index contributed by atoms with van der Waals surface area (Å²) in [7, 11) is 0. The Labute approximate surface area is 151 Å². The van der Waals surface area contributed by atoms with Crippen molar-refractivity contribution in [2.24, 2.45) is 0 Å². The van der Waals surface area contributed by atoms with Gasteiger partial charge in [-0.15, -0.1) is 0 Å². The molecule has 3 rings (SSSR count). The first-order valence-corrected chi connectivity index (χ1v) is 8.68. The maximum atomic E-state index is 12.5. The van der Waals surface area contributed by atoms with Crippen molar-refractivity contribution in [3.05, 3.63) is 29.8 Å². The van der Waals surface area contributed by atoms with Crippen LogP contribution in [0.25, 0.3) is 0 Å². The second-order valence-corrected chi connectivity index (χ2v) is 6.59. The monoisotopic (exact) mass is 358 g/mol. The second kappa shape index (κ2) is 7.55. The number of urea groups is 1. The molecule has 2 aliphatic heterocycles. The van der Waals surface area contributed by atoms with E-state index in [1.54, 1.807) is 17.0 Å². The van der Waals surface area contributed by atoms with E-state index in [1.807, 2.05) is 12.1 Å². The summed E-state index contributed by atoms with van der Waals surface area (Å²) in [5.74, 6) is -0.311. The highest BCUT2D eigenvalue weighted by atomic mass is 16.2. The van der Waals surface area contributed by atoms with E-state index in [1.165, 1.54) is 11.8 Å². The quantitative estimate of drug-likeness (QED) is 0.775. The highest BCUT2D eigenvalue weighted by molar-refractivity contribution is 6.02. The van der Waals surface area contributed by atoms with Gasteiger partial charge < -0.3 is 15.5 Å². The molecule has 2 saturated heterocycles. The van der Waals surface area contributed by atoms with E-state index in [9.17, 15) is 19.2 Å². The van der Waals surface area contributed by atoms with Crippen LogP contribution in [0.5, 0.6) is 0 Å². The second-order valence-electron chi connectivity index (χ2n) is 6.59. The van der Waals surface area contributed by atoms with Crippen molar-refractivity contribution < 1.29 is 19.2 Å². The van der Waals surface area contributed by atoms with Gasteiger partial charge in [0, 0.05) is 31.7 Å². The number of nitrogens with one attached hydrogen (secondary N) is 2. The van der Waals surface area contributed by atoms with Gasteiger partial charge in [0.1, 0.15) is 0 Å². The average Bonchev–Trinajstić information content (AvgIpc) is 2.95. The number of likely N-dealkylation sites (tertiary alicyclic amines) is 1. The third-order valence-corrected chi connectivity index (χ3v) is 4.69. The SMILES string of the molecule is CC(=O)Nc1ccc(CC(=O)N2CCC(N3C(=O)CNC3=O)CC2)cc1. The lowest BCUT2D eigenvalue weighted by Gasteiger charge is -2.35.